The van der Waals surface area contributed by atoms with Crippen LogP contribution in [0.5, 0.6) is 0 Å². The Kier molecular flexibility index (Phi) is 14.8. The Morgan fingerprint density at radius 3 is 1.05 bits per heavy atom. The second-order valence-electron chi connectivity index (χ2n) is 22.0. The number of Topliss-reactive ketones (excluding diaryl/α,β-unsaturated/α-hetero) is 4. The topological polar surface area (TPSA) is 192 Å². The van der Waals surface area contributed by atoms with Crippen LogP contribution in [0, 0.1) is 35.1 Å². The summed E-state index contributed by atoms with van der Waals surface area (Å²) in [5, 5.41) is 0. The fourth-order valence-electron chi connectivity index (χ4n) is 11.9. The summed E-state index contributed by atoms with van der Waals surface area (Å²) >= 11 is 1.86. The average Bonchev–Trinajstić information content (AvgIpc) is 1.34. The minimum Gasteiger partial charge on any atom is -0.459 e. The van der Waals surface area contributed by atoms with E-state index in [2.05, 4.69) is 0 Å². The largest absolute Gasteiger partial charge is 0.459 e. The van der Waals surface area contributed by atoms with Crippen LogP contribution in [0.4, 0.5) is 17.6 Å². The number of esters is 4. The van der Waals surface area contributed by atoms with Gasteiger partial charge in [0.05, 0.1) is 11.1 Å². The second kappa shape index (κ2) is 23.1. The number of hydrogen-bond donors (Lipinski definition) is 0. The highest BCUT2D eigenvalue weighted by molar-refractivity contribution is 7.15. The minimum absolute atomic E-state index is 0.0529. The molecule has 0 amide bonds. The van der Waals surface area contributed by atoms with E-state index in [-0.39, 0.29) is 102 Å². The Hall–Kier alpha value is -11.0. The minimum atomic E-state index is -2.78. The molecule has 4 heterocycles. The molecule has 2 unspecified atom stereocenters. The number of carbonyl (C=O) groups excluding carboxylic acids is 8. The van der Waals surface area contributed by atoms with Gasteiger partial charge in [0.15, 0.2) is 0 Å². The Morgan fingerprint density at radius 1 is 0.424 bits per heavy atom. The van der Waals surface area contributed by atoms with Crippen molar-refractivity contribution >= 4 is 104 Å². The lowest BCUT2D eigenvalue weighted by atomic mass is 9.75. The number of benzene rings is 6. The lowest BCUT2D eigenvalue weighted by Crippen LogP contribution is -2.51. The summed E-state index contributed by atoms with van der Waals surface area (Å²) in [5.41, 5.74) is -5.81. The predicted octanol–water partition coefficient (Wildman–Crippen LogP) is 12.9. The van der Waals surface area contributed by atoms with E-state index < -0.39 is 104 Å². The summed E-state index contributed by atoms with van der Waals surface area (Å²) in [4.78, 5) is 116. The summed E-state index contributed by atoms with van der Waals surface area (Å²) in [7, 11) is 0. The molecule has 2 aromatic heterocycles. The number of carbonyl (C=O) groups is 8. The van der Waals surface area contributed by atoms with E-state index in [9.17, 15) is 28.0 Å². The highest BCUT2D eigenvalue weighted by atomic mass is 32.1. The van der Waals surface area contributed by atoms with E-state index in [4.69, 9.17) is 28.4 Å². The SMILES string of the molecule is O=C1C(=O)c2c(F)cc(F)cc2/C1=C/c1cc2c(s1)C1=CC3C=C4OC(C(=O)OCc5ccccc5)(C(=O)OCc5ccccc5)c5cc(/C=C6\C(=O)C(=O)c7c(F)cc(F)cc76)sc5C4=CC3C=C1OC2(C(=O)OCc1ccccc1)C(=O)OCc1ccccc1. The van der Waals surface area contributed by atoms with E-state index in [1.807, 2.05) is 0 Å². The number of thiophene rings is 2. The van der Waals surface area contributed by atoms with Crippen molar-refractivity contribution in [3.8, 4) is 0 Å². The van der Waals surface area contributed by atoms with E-state index in [1.54, 1.807) is 146 Å². The molecule has 14 rings (SSSR count). The molecule has 0 fully saturated rings. The molecule has 2 atom stereocenters. The first kappa shape index (κ1) is 58.7. The maximum atomic E-state index is 15.3. The molecule has 0 saturated heterocycles. The predicted molar refractivity (Wildman–Crippen MR) is 325 cm³/mol. The maximum Gasteiger partial charge on any atom is 0.367 e. The van der Waals surface area contributed by atoms with Crippen LogP contribution in [0.2, 0.25) is 0 Å². The van der Waals surface area contributed by atoms with Gasteiger partial charge in [-0.05, 0) is 70.8 Å². The van der Waals surface area contributed by atoms with Crippen molar-refractivity contribution in [3.63, 3.8) is 0 Å². The van der Waals surface area contributed by atoms with Gasteiger partial charge in [-0.25, -0.2) is 36.7 Å². The maximum absolute atomic E-state index is 15.3. The third-order valence-electron chi connectivity index (χ3n) is 16.3. The first-order chi connectivity index (χ1) is 44.5. The van der Waals surface area contributed by atoms with Crippen LogP contribution in [0.15, 0.2) is 194 Å². The molecule has 6 aliphatic rings. The normalized spacial score (nSPS) is 18.4. The zero-order valence-electron chi connectivity index (χ0n) is 47.5. The van der Waals surface area contributed by atoms with Crippen molar-refractivity contribution < 1.29 is 84.3 Å². The highest BCUT2D eigenvalue weighted by Gasteiger charge is 2.62. The average molecular weight is 1270 g/mol. The lowest BCUT2D eigenvalue weighted by molar-refractivity contribution is -0.191. The van der Waals surface area contributed by atoms with Crippen LogP contribution >= 0.6 is 22.7 Å². The van der Waals surface area contributed by atoms with Gasteiger partial charge in [-0.2, -0.15) is 0 Å². The summed E-state index contributed by atoms with van der Waals surface area (Å²) in [6, 6.07) is 39.7. The molecule has 454 valence electrons. The molecule has 4 aliphatic carbocycles. The number of halogens is 4. The Labute approximate surface area is 527 Å². The Balaban J connectivity index is 0.940. The molecular formula is C72H42F4O14S2. The van der Waals surface area contributed by atoms with Gasteiger partial charge in [-0.15, -0.1) is 22.7 Å². The van der Waals surface area contributed by atoms with Crippen molar-refractivity contribution in [2.24, 2.45) is 11.8 Å². The van der Waals surface area contributed by atoms with E-state index in [0.29, 0.717) is 34.4 Å². The highest BCUT2D eigenvalue weighted by Crippen LogP contribution is 2.57. The summed E-state index contributed by atoms with van der Waals surface area (Å²) in [5.74, 6) is -15.9. The van der Waals surface area contributed by atoms with Crippen LogP contribution in [-0.2, 0) is 94.8 Å². The van der Waals surface area contributed by atoms with Gasteiger partial charge < -0.3 is 28.4 Å². The van der Waals surface area contributed by atoms with Gasteiger partial charge >= 0.3 is 35.1 Å². The van der Waals surface area contributed by atoms with Gasteiger partial charge in [-0.3, -0.25) is 19.2 Å². The van der Waals surface area contributed by atoms with Crippen molar-refractivity contribution in [1.82, 2.24) is 0 Å². The zero-order chi connectivity index (χ0) is 63.7. The molecular weight excluding hydrogens is 1230 g/mol. The molecule has 20 heteroatoms. The first-order valence-electron chi connectivity index (χ1n) is 28.5. The summed E-state index contributed by atoms with van der Waals surface area (Å²) in [6.45, 7) is -1.40. The van der Waals surface area contributed by atoms with E-state index in [1.165, 1.54) is 24.3 Å². The molecule has 0 N–H and O–H groups in total. The molecule has 2 aliphatic heterocycles. The van der Waals surface area contributed by atoms with Crippen LogP contribution in [-0.4, -0.2) is 47.0 Å². The zero-order valence-corrected chi connectivity index (χ0v) is 49.1. The third kappa shape index (κ3) is 10.0. The Bertz CT molecular complexity index is 4340. The third-order valence-corrected chi connectivity index (χ3v) is 18.5. The molecule has 0 bridgehead atoms. The standard InChI is InChI=1S/C72H42F4O14S2/c73-43-25-47-49(61(77)63(79)59(47)55(75)27-43)29-45-31-53-65(91-45)51-21-42-24-58-52(22-41(42)23-57(51)89-71(53,67(81)85-33-37-13-5-1-6-14-37)68(82)86-34-38-15-7-2-8-16-38)66-54(32-46(92-66)30-50-48-26-44(74)28-56(76)60(48)64(80)62(50)78)72(90-58,69(83)87-35-39-17-9-3-10-18-39)70(84)88-36-40-19-11-4-12-20-40/h1-32,41-42H,33-36H2/b49-29-,50-30-. The molecule has 92 heavy (non-hydrogen) atoms. The van der Waals surface area contributed by atoms with E-state index in [0.717, 1.165) is 34.8 Å². The first-order valence-corrected chi connectivity index (χ1v) is 30.1. The van der Waals surface area contributed by atoms with Crippen molar-refractivity contribution in [2.75, 3.05) is 0 Å². The van der Waals surface area contributed by atoms with Crippen LogP contribution in [0.1, 0.15) is 84.7 Å². The fourth-order valence-corrected chi connectivity index (χ4v) is 14.3. The second-order valence-corrected chi connectivity index (χ2v) is 24.2. The number of ether oxygens (including phenoxy) is 6. The monoisotopic (exact) mass is 1270 g/mol. The molecule has 0 saturated carbocycles. The van der Waals surface area contributed by atoms with Crippen molar-refractivity contribution in [3.05, 3.63) is 292 Å². The fraction of sp³-hybridized carbons (Fsp3) is 0.111. The van der Waals surface area contributed by atoms with Gasteiger partial charge in [-0.1, -0.05) is 133 Å². The van der Waals surface area contributed by atoms with Gasteiger partial charge in [0.25, 0.3) is 0 Å². The number of allylic oxidation sites excluding steroid dienone is 8. The quantitative estimate of drug-likeness (QED) is 0.0249. The van der Waals surface area contributed by atoms with Crippen molar-refractivity contribution in [2.45, 2.75) is 37.6 Å². The summed E-state index contributed by atoms with van der Waals surface area (Å²) < 4.78 is 97.9. The van der Waals surface area contributed by atoms with Gasteiger partial charge in [0.1, 0.15) is 61.2 Å². The van der Waals surface area contributed by atoms with Gasteiger partial charge in [0, 0.05) is 88.0 Å². The summed E-state index contributed by atoms with van der Waals surface area (Å²) in [6.07, 6.45) is 9.12. The van der Waals surface area contributed by atoms with Crippen LogP contribution in [0.25, 0.3) is 34.4 Å². The van der Waals surface area contributed by atoms with Gasteiger partial charge in [0.2, 0.25) is 23.1 Å². The number of rotatable bonds is 14. The van der Waals surface area contributed by atoms with Crippen LogP contribution < -0.4 is 0 Å². The Morgan fingerprint density at radius 2 is 0.739 bits per heavy atom. The lowest BCUT2D eigenvalue weighted by Gasteiger charge is -2.41. The number of fused-ring (bicyclic) bond motifs is 9. The van der Waals surface area contributed by atoms with Crippen LogP contribution in [0.3, 0.4) is 0 Å². The molecule has 6 aromatic carbocycles. The van der Waals surface area contributed by atoms with E-state index >= 15 is 28.0 Å². The smallest absolute Gasteiger partial charge is 0.367 e. The molecule has 14 nitrogen and oxygen atoms in total. The molecule has 8 aromatic rings. The van der Waals surface area contributed by atoms with Crippen molar-refractivity contribution in [1.29, 1.82) is 0 Å². The number of ketones is 4. The molecule has 0 radical (unpaired) electrons. The molecule has 0 spiro atoms. The number of hydrogen-bond acceptors (Lipinski definition) is 16.